The van der Waals surface area contributed by atoms with Crippen LogP contribution in [0.3, 0.4) is 0 Å². The van der Waals surface area contributed by atoms with Crippen LogP contribution in [0, 0.1) is 5.92 Å². The molecule has 2 atom stereocenters. The molecule has 2 unspecified atom stereocenters. The predicted molar refractivity (Wildman–Crippen MR) is 44.1 cm³/mol. The van der Waals surface area contributed by atoms with Gasteiger partial charge in [-0.2, -0.15) is 0 Å². The quantitative estimate of drug-likeness (QED) is 0.560. The molecule has 0 spiro atoms. The van der Waals surface area contributed by atoms with Crippen LogP contribution >= 0.6 is 0 Å². The van der Waals surface area contributed by atoms with Crippen molar-refractivity contribution in [3.8, 4) is 0 Å². The van der Waals surface area contributed by atoms with E-state index in [1.165, 1.54) is 25.1 Å². The maximum Gasteiger partial charge on any atom is 0.0740 e. The van der Waals surface area contributed by atoms with Gasteiger partial charge in [-0.1, -0.05) is 0 Å². The maximum absolute atomic E-state index is 9.37. The molecule has 2 heteroatoms. The topological polar surface area (TPSA) is 23.5 Å². The lowest BCUT2D eigenvalue weighted by Crippen LogP contribution is -2.20. The monoisotopic (exact) mass is 153 g/mol. The Kier molecular flexibility index (Phi) is 1.64. The van der Waals surface area contributed by atoms with E-state index in [2.05, 4.69) is 11.9 Å². The van der Waals surface area contributed by atoms with Crippen LogP contribution in [-0.4, -0.2) is 29.7 Å². The van der Waals surface area contributed by atoms with Crippen LogP contribution in [0.5, 0.6) is 0 Å². The van der Waals surface area contributed by atoms with Crippen molar-refractivity contribution < 1.29 is 5.11 Å². The van der Waals surface area contributed by atoms with E-state index in [1.54, 1.807) is 0 Å². The summed E-state index contributed by atoms with van der Waals surface area (Å²) in [4.78, 5) is 2.27. The number of aliphatic hydroxyl groups is 1. The van der Waals surface area contributed by atoms with E-state index in [4.69, 9.17) is 0 Å². The highest BCUT2D eigenvalue weighted by Crippen LogP contribution is 2.34. The molecule has 2 rings (SSSR count). The van der Waals surface area contributed by atoms with Crippen LogP contribution < -0.4 is 0 Å². The standard InChI is InChI=1S/C9H15NO/c1-10-5-4-7-2-3-8(11)6-9(7)10/h6-8,11H,2-5H2,1H3. The van der Waals surface area contributed by atoms with Crippen molar-refractivity contribution in [1.82, 2.24) is 4.90 Å². The second-order valence-electron chi connectivity index (χ2n) is 3.64. The normalized spacial score (nSPS) is 36.9. The van der Waals surface area contributed by atoms with Crippen LogP contribution in [0.1, 0.15) is 19.3 Å². The smallest absolute Gasteiger partial charge is 0.0740 e. The Morgan fingerprint density at radius 2 is 2.27 bits per heavy atom. The Morgan fingerprint density at radius 1 is 1.45 bits per heavy atom. The largest absolute Gasteiger partial charge is 0.389 e. The Balaban J connectivity index is 2.20. The number of likely N-dealkylation sites (tertiary alicyclic amines) is 1. The zero-order valence-corrected chi connectivity index (χ0v) is 6.95. The highest BCUT2D eigenvalue weighted by Gasteiger charge is 2.29. The Morgan fingerprint density at radius 3 is 3.09 bits per heavy atom. The highest BCUT2D eigenvalue weighted by molar-refractivity contribution is 5.15. The third-order valence-electron chi connectivity index (χ3n) is 2.85. The van der Waals surface area contributed by atoms with Gasteiger partial charge in [-0.05, 0) is 25.3 Å². The Hall–Kier alpha value is -0.500. The minimum atomic E-state index is -0.179. The van der Waals surface area contributed by atoms with E-state index in [0.29, 0.717) is 0 Å². The zero-order valence-electron chi connectivity index (χ0n) is 6.95. The Bertz CT molecular complexity index is 188. The molecular formula is C9H15NO. The second-order valence-corrected chi connectivity index (χ2v) is 3.64. The number of hydrogen-bond acceptors (Lipinski definition) is 2. The van der Waals surface area contributed by atoms with Crippen molar-refractivity contribution >= 4 is 0 Å². The molecule has 1 N–H and O–H groups in total. The summed E-state index contributed by atoms with van der Waals surface area (Å²) in [5, 5.41) is 9.37. The van der Waals surface area contributed by atoms with Crippen molar-refractivity contribution in [2.24, 2.45) is 5.92 Å². The van der Waals surface area contributed by atoms with Crippen molar-refractivity contribution in [2.75, 3.05) is 13.6 Å². The molecule has 0 bridgehead atoms. The zero-order chi connectivity index (χ0) is 7.84. The first-order chi connectivity index (χ1) is 5.27. The van der Waals surface area contributed by atoms with Gasteiger partial charge in [-0.15, -0.1) is 0 Å². The molecule has 1 fully saturated rings. The third kappa shape index (κ3) is 1.16. The van der Waals surface area contributed by atoms with Crippen LogP contribution in [0.4, 0.5) is 0 Å². The van der Waals surface area contributed by atoms with Gasteiger partial charge in [0.1, 0.15) is 0 Å². The minimum absolute atomic E-state index is 0.179. The molecule has 1 saturated heterocycles. The SMILES string of the molecule is CN1CCC2CCC(O)C=C21. The second kappa shape index (κ2) is 2.52. The molecule has 2 aliphatic rings. The van der Waals surface area contributed by atoms with E-state index in [0.717, 1.165) is 12.3 Å². The fraction of sp³-hybridized carbons (Fsp3) is 0.778. The Labute approximate surface area is 67.5 Å². The van der Waals surface area contributed by atoms with Gasteiger partial charge in [0.05, 0.1) is 6.10 Å². The molecular weight excluding hydrogens is 138 g/mol. The van der Waals surface area contributed by atoms with E-state index < -0.39 is 0 Å². The number of hydrogen-bond donors (Lipinski definition) is 1. The van der Waals surface area contributed by atoms with Crippen LogP contribution in [0.15, 0.2) is 11.8 Å². The molecule has 1 heterocycles. The molecule has 62 valence electrons. The molecule has 1 aliphatic carbocycles. The van der Waals surface area contributed by atoms with Crippen LogP contribution in [0.2, 0.25) is 0 Å². The van der Waals surface area contributed by atoms with E-state index in [-0.39, 0.29) is 6.10 Å². The summed E-state index contributed by atoms with van der Waals surface area (Å²) in [5.41, 5.74) is 1.38. The highest BCUT2D eigenvalue weighted by atomic mass is 16.3. The molecule has 0 aromatic heterocycles. The van der Waals surface area contributed by atoms with Gasteiger partial charge in [0, 0.05) is 25.2 Å². The lowest BCUT2D eigenvalue weighted by atomic mass is 9.91. The van der Waals surface area contributed by atoms with E-state index in [9.17, 15) is 5.11 Å². The minimum Gasteiger partial charge on any atom is -0.389 e. The molecule has 0 aromatic rings. The van der Waals surface area contributed by atoms with E-state index in [1.807, 2.05) is 6.08 Å². The first-order valence-electron chi connectivity index (χ1n) is 4.38. The lowest BCUT2D eigenvalue weighted by molar-refractivity contribution is 0.189. The first-order valence-corrected chi connectivity index (χ1v) is 4.38. The van der Waals surface area contributed by atoms with Gasteiger partial charge >= 0.3 is 0 Å². The summed E-state index contributed by atoms with van der Waals surface area (Å²) < 4.78 is 0. The van der Waals surface area contributed by atoms with Crippen molar-refractivity contribution in [1.29, 1.82) is 0 Å². The van der Waals surface area contributed by atoms with Gasteiger partial charge < -0.3 is 10.0 Å². The fourth-order valence-corrected chi connectivity index (χ4v) is 2.15. The predicted octanol–water partition coefficient (Wildman–Crippen LogP) is 0.977. The molecule has 2 nitrogen and oxygen atoms in total. The molecule has 1 aliphatic heterocycles. The van der Waals surface area contributed by atoms with Crippen molar-refractivity contribution in [3.05, 3.63) is 11.8 Å². The number of fused-ring (bicyclic) bond motifs is 1. The summed E-state index contributed by atoms with van der Waals surface area (Å²) in [6.07, 6.45) is 5.28. The van der Waals surface area contributed by atoms with Crippen LogP contribution in [-0.2, 0) is 0 Å². The maximum atomic E-state index is 9.37. The molecule has 0 radical (unpaired) electrons. The summed E-state index contributed by atoms with van der Waals surface area (Å²) in [6.45, 7) is 1.17. The number of nitrogens with zero attached hydrogens (tertiary/aromatic N) is 1. The first kappa shape index (κ1) is 7.17. The van der Waals surface area contributed by atoms with E-state index >= 15 is 0 Å². The third-order valence-corrected chi connectivity index (χ3v) is 2.85. The summed E-state index contributed by atoms with van der Waals surface area (Å²) in [5.74, 6) is 0.753. The number of rotatable bonds is 0. The number of allylic oxidation sites excluding steroid dienone is 1. The van der Waals surface area contributed by atoms with Gasteiger partial charge in [0.2, 0.25) is 0 Å². The van der Waals surface area contributed by atoms with Gasteiger partial charge in [0.15, 0.2) is 0 Å². The molecule has 11 heavy (non-hydrogen) atoms. The van der Waals surface area contributed by atoms with Crippen molar-refractivity contribution in [2.45, 2.75) is 25.4 Å². The fourth-order valence-electron chi connectivity index (χ4n) is 2.15. The van der Waals surface area contributed by atoms with Gasteiger partial charge in [-0.25, -0.2) is 0 Å². The van der Waals surface area contributed by atoms with Crippen molar-refractivity contribution in [3.63, 3.8) is 0 Å². The molecule has 0 saturated carbocycles. The lowest BCUT2D eigenvalue weighted by Gasteiger charge is -2.24. The van der Waals surface area contributed by atoms with Crippen LogP contribution in [0.25, 0.3) is 0 Å². The average Bonchev–Trinajstić information content (AvgIpc) is 2.33. The van der Waals surface area contributed by atoms with Gasteiger partial charge in [0.25, 0.3) is 0 Å². The molecule has 0 amide bonds. The molecule has 0 aromatic carbocycles. The summed E-state index contributed by atoms with van der Waals surface area (Å²) in [6, 6.07) is 0. The number of aliphatic hydroxyl groups excluding tert-OH is 1. The average molecular weight is 153 g/mol. The van der Waals surface area contributed by atoms with Gasteiger partial charge in [-0.3, -0.25) is 0 Å². The summed E-state index contributed by atoms with van der Waals surface area (Å²) in [7, 11) is 2.11. The summed E-state index contributed by atoms with van der Waals surface area (Å²) >= 11 is 0.